The van der Waals surface area contributed by atoms with E-state index >= 15 is 0 Å². The van der Waals surface area contributed by atoms with Crippen molar-refractivity contribution in [1.82, 2.24) is 10.2 Å². The summed E-state index contributed by atoms with van der Waals surface area (Å²) in [6.45, 7) is 4.41. The van der Waals surface area contributed by atoms with Crippen LogP contribution in [-0.2, 0) is 0 Å². The van der Waals surface area contributed by atoms with Crippen molar-refractivity contribution in [2.75, 3.05) is 13.2 Å². The molecule has 0 spiro atoms. The highest BCUT2D eigenvalue weighted by molar-refractivity contribution is 8.93. The molecule has 1 rings (SSSR count). The van der Waals surface area contributed by atoms with E-state index in [1.54, 1.807) is 0 Å². The highest BCUT2D eigenvalue weighted by Gasteiger charge is 1.99. The van der Waals surface area contributed by atoms with Crippen LogP contribution in [0.3, 0.4) is 0 Å². The van der Waals surface area contributed by atoms with Crippen molar-refractivity contribution in [3.05, 3.63) is 12.4 Å². The molecular weight excluding hydrogens is 192 g/mol. The number of rotatable bonds is 3. The molecule has 2 nitrogen and oxygen atoms in total. The topological polar surface area (TPSA) is 15.3 Å². The molecule has 0 unspecified atom stereocenters. The van der Waals surface area contributed by atoms with Crippen LogP contribution in [0.2, 0.25) is 0 Å². The van der Waals surface area contributed by atoms with Crippen LogP contribution in [0.5, 0.6) is 0 Å². The van der Waals surface area contributed by atoms with E-state index in [9.17, 15) is 0 Å². The summed E-state index contributed by atoms with van der Waals surface area (Å²) < 4.78 is 0. The lowest BCUT2D eigenvalue weighted by atomic mass is 10.3. The Hall–Kier alpha value is -0.180. The smallest absolute Gasteiger partial charge is 0.0867 e. The summed E-state index contributed by atoms with van der Waals surface area (Å²) in [4.78, 5) is 2.28. The molecule has 3 heteroatoms. The molecule has 1 aliphatic rings. The molecule has 0 aromatic heterocycles. The molecule has 1 heterocycles. The Balaban J connectivity index is 0.000000810. The highest BCUT2D eigenvalue weighted by atomic mass is 79.9. The maximum absolute atomic E-state index is 3.13. The second kappa shape index (κ2) is 5.59. The highest BCUT2D eigenvalue weighted by Crippen LogP contribution is 1.97. The van der Waals surface area contributed by atoms with Crippen LogP contribution < -0.4 is 5.32 Å². The van der Waals surface area contributed by atoms with Crippen molar-refractivity contribution in [1.29, 1.82) is 0 Å². The molecule has 0 saturated carbocycles. The zero-order chi connectivity index (χ0) is 6.53. The first-order valence-electron chi connectivity index (χ1n) is 3.57. The largest absolute Gasteiger partial charge is 0.373 e. The lowest BCUT2D eigenvalue weighted by Gasteiger charge is -2.12. The molecule has 0 saturated heterocycles. The second-order valence-corrected chi connectivity index (χ2v) is 2.34. The number of hydrogen-bond acceptors (Lipinski definition) is 2. The first-order valence-corrected chi connectivity index (χ1v) is 3.57. The van der Waals surface area contributed by atoms with Crippen molar-refractivity contribution in [2.45, 2.75) is 19.8 Å². The fourth-order valence-corrected chi connectivity index (χ4v) is 0.896. The van der Waals surface area contributed by atoms with E-state index < -0.39 is 0 Å². The molecule has 0 aliphatic carbocycles. The lowest BCUT2D eigenvalue weighted by Crippen LogP contribution is -2.21. The Labute approximate surface area is 73.1 Å². The minimum Gasteiger partial charge on any atom is -0.373 e. The van der Waals surface area contributed by atoms with Crippen LogP contribution in [0.1, 0.15) is 19.8 Å². The van der Waals surface area contributed by atoms with Gasteiger partial charge in [0.2, 0.25) is 0 Å². The van der Waals surface area contributed by atoms with Gasteiger partial charge in [-0.05, 0) is 6.42 Å². The number of halogens is 1. The van der Waals surface area contributed by atoms with Crippen molar-refractivity contribution in [2.24, 2.45) is 0 Å². The fraction of sp³-hybridized carbons (Fsp3) is 0.714. The van der Waals surface area contributed by atoms with E-state index in [4.69, 9.17) is 0 Å². The molecule has 0 atom stereocenters. The van der Waals surface area contributed by atoms with Gasteiger partial charge >= 0.3 is 0 Å². The average Bonchev–Trinajstić information content (AvgIpc) is 2.34. The maximum Gasteiger partial charge on any atom is 0.0867 e. The molecule has 1 N–H and O–H groups in total. The molecule has 0 radical (unpaired) electrons. The van der Waals surface area contributed by atoms with Crippen LogP contribution >= 0.6 is 17.0 Å². The Kier molecular flexibility index (Phi) is 5.49. The number of hydrogen-bond donors (Lipinski definition) is 1. The van der Waals surface area contributed by atoms with E-state index in [-0.39, 0.29) is 17.0 Å². The summed E-state index contributed by atoms with van der Waals surface area (Å²) in [5, 5.41) is 3.13. The molecule has 60 valence electrons. The third-order valence-corrected chi connectivity index (χ3v) is 1.50. The van der Waals surface area contributed by atoms with Crippen molar-refractivity contribution in [3.8, 4) is 0 Å². The zero-order valence-corrected chi connectivity index (χ0v) is 8.05. The third-order valence-electron chi connectivity index (χ3n) is 1.50. The van der Waals surface area contributed by atoms with Crippen LogP contribution in [0, 0.1) is 0 Å². The summed E-state index contributed by atoms with van der Waals surface area (Å²) in [5.41, 5.74) is 0. The summed E-state index contributed by atoms with van der Waals surface area (Å²) in [6, 6.07) is 0. The van der Waals surface area contributed by atoms with Gasteiger partial charge in [0, 0.05) is 18.9 Å². The quantitative estimate of drug-likeness (QED) is 0.757. The van der Waals surface area contributed by atoms with Gasteiger partial charge in [0.15, 0.2) is 0 Å². The third kappa shape index (κ3) is 3.11. The van der Waals surface area contributed by atoms with Crippen molar-refractivity contribution < 1.29 is 0 Å². The van der Waals surface area contributed by atoms with Gasteiger partial charge < -0.3 is 10.2 Å². The second-order valence-electron chi connectivity index (χ2n) is 2.34. The fourth-order valence-electron chi connectivity index (χ4n) is 0.896. The molecule has 0 fully saturated rings. The number of nitrogens with zero attached hydrogens (tertiary/aromatic N) is 1. The first kappa shape index (κ1) is 9.82. The number of nitrogens with one attached hydrogen (secondary N) is 1. The Morgan fingerprint density at radius 2 is 2.40 bits per heavy atom. The molecule has 0 aromatic rings. The Morgan fingerprint density at radius 3 is 2.90 bits per heavy atom. The predicted octanol–water partition coefficient (Wildman–Crippen LogP) is 1.70. The van der Waals surface area contributed by atoms with Crippen molar-refractivity contribution >= 4 is 17.0 Å². The minimum atomic E-state index is 0. The van der Waals surface area contributed by atoms with Gasteiger partial charge in [-0.1, -0.05) is 13.3 Å². The van der Waals surface area contributed by atoms with Gasteiger partial charge in [0.1, 0.15) is 0 Å². The summed E-state index contributed by atoms with van der Waals surface area (Å²) in [6.07, 6.45) is 6.68. The van der Waals surface area contributed by atoms with Gasteiger partial charge in [-0.15, -0.1) is 17.0 Å². The Morgan fingerprint density at radius 1 is 1.60 bits per heavy atom. The predicted molar refractivity (Wildman–Crippen MR) is 49.1 cm³/mol. The summed E-state index contributed by atoms with van der Waals surface area (Å²) >= 11 is 0. The van der Waals surface area contributed by atoms with E-state index in [0.717, 1.165) is 6.67 Å². The SMILES string of the molecule is Br.CCCCN1C=CNC1. The molecule has 0 aromatic carbocycles. The first-order chi connectivity index (χ1) is 4.43. The number of unbranched alkanes of at least 4 members (excludes halogenated alkanes) is 1. The molecule has 10 heavy (non-hydrogen) atoms. The maximum atomic E-state index is 3.13. The van der Waals surface area contributed by atoms with E-state index in [2.05, 4.69) is 23.3 Å². The average molecular weight is 207 g/mol. The van der Waals surface area contributed by atoms with Gasteiger partial charge in [-0.2, -0.15) is 0 Å². The van der Waals surface area contributed by atoms with Gasteiger partial charge in [-0.25, -0.2) is 0 Å². The van der Waals surface area contributed by atoms with Crippen LogP contribution in [0.25, 0.3) is 0 Å². The minimum absolute atomic E-state index is 0. The van der Waals surface area contributed by atoms with E-state index in [1.807, 2.05) is 6.20 Å². The lowest BCUT2D eigenvalue weighted by molar-refractivity contribution is 0.382. The molecule has 0 amide bonds. The summed E-state index contributed by atoms with van der Waals surface area (Å²) in [7, 11) is 0. The van der Waals surface area contributed by atoms with Gasteiger partial charge in [0.25, 0.3) is 0 Å². The van der Waals surface area contributed by atoms with Crippen LogP contribution in [-0.4, -0.2) is 18.1 Å². The molecule has 0 bridgehead atoms. The summed E-state index contributed by atoms with van der Waals surface area (Å²) in [5.74, 6) is 0. The standard InChI is InChI=1S/C7H14N2.BrH/c1-2-3-5-9-6-4-8-7-9;/h4,6,8H,2-3,5,7H2,1H3;1H. The molecular formula is C7H15BrN2. The Bertz CT molecular complexity index is 104. The zero-order valence-electron chi connectivity index (χ0n) is 6.34. The van der Waals surface area contributed by atoms with Gasteiger partial charge in [0.05, 0.1) is 6.67 Å². The van der Waals surface area contributed by atoms with E-state index in [0.29, 0.717) is 0 Å². The molecule has 1 aliphatic heterocycles. The van der Waals surface area contributed by atoms with Crippen molar-refractivity contribution in [3.63, 3.8) is 0 Å². The van der Waals surface area contributed by atoms with Crippen LogP contribution in [0.15, 0.2) is 12.4 Å². The van der Waals surface area contributed by atoms with Gasteiger partial charge in [-0.3, -0.25) is 0 Å². The van der Waals surface area contributed by atoms with E-state index in [1.165, 1.54) is 19.4 Å². The monoisotopic (exact) mass is 206 g/mol. The van der Waals surface area contributed by atoms with Crippen LogP contribution in [0.4, 0.5) is 0 Å². The normalized spacial score (nSPS) is 14.7.